The number of likely N-dealkylation sites (N-methyl/N-ethyl adjacent to an activating group) is 1. The van der Waals surface area contributed by atoms with Gasteiger partial charge in [-0.05, 0) is 86.5 Å². The van der Waals surface area contributed by atoms with Gasteiger partial charge < -0.3 is 35.1 Å². The topological polar surface area (TPSA) is 133 Å². The maximum atomic E-state index is 14.1. The van der Waals surface area contributed by atoms with Crippen LogP contribution in [0.4, 0.5) is 15.8 Å². The first-order valence-corrected chi connectivity index (χ1v) is 21.3. The van der Waals surface area contributed by atoms with Crippen molar-refractivity contribution in [2.45, 2.75) is 64.2 Å². The highest BCUT2D eigenvalue weighted by molar-refractivity contribution is 6.04. The lowest BCUT2D eigenvalue weighted by atomic mass is 9.90. The van der Waals surface area contributed by atoms with E-state index in [1.165, 1.54) is 12.1 Å². The van der Waals surface area contributed by atoms with E-state index in [0.717, 1.165) is 46.9 Å². The van der Waals surface area contributed by atoms with E-state index in [-0.39, 0.29) is 41.2 Å². The number of amides is 2. The number of hydrogen-bond acceptors (Lipinski definition) is 11. The fraction of sp³-hybridized carbons (Fsp3) is 0.489. The lowest BCUT2D eigenvalue weighted by molar-refractivity contribution is -0.121. The molecule has 61 heavy (non-hydrogen) atoms. The zero-order valence-electron chi connectivity index (χ0n) is 36.6. The number of anilines is 2. The van der Waals surface area contributed by atoms with Crippen molar-refractivity contribution in [1.29, 1.82) is 0 Å². The monoisotopic (exact) mass is 838 g/mol. The van der Waals surface area contributed by atoms with Crippen LogP contribution in [-0.4, -0.2) is 130 Å². The molecule has 0 aliphatic carbocycles. The largest absolute Gasteiger partial charge is 0.383 e. The van der Waals surface area contributed by atoms with Gasteiger partial charge >= 0.3 is 0 Å². The highest BCUT2D eigenvalue weighted by Gasteiger charge is 2.41. The number of nitrogens with one attached hydrogen (secondary N) is 3. The lowest BCUT2D eigenvalue weighted by Gasteiger charge is -2.39. The van der Waals surface area contributed by atoms with Crippen molar-refractivity contribution in [3.05, 3.63) is 119 Å². The second-order valence-corrected chi connectivity index (χ2v) is 16.9. The molecule has 2 aliphatic rings. The number of ether oxygens (including phenoxy) is 3. The molecule has 2 amide bonds. The Morgan fingerprint density at radius 3 is 2.46 bits per heavy atom. The Bertz CT molecular complexity index is 2020. The van der Waals surface area contributed by atoms with Crippen LogP contribution in [0.25, 0.3) is 0 Å². The number of halogens is 1. The second kappa shape index (κ2) is 21.9. The van der Waals surface area contributed by atoms with Gasteiger partial charge in [0, 0.05) is 93.6 Å². The van der Waals surface area contributed by atoms with Gasteiger partial charge in [0.2, 0.25) is 5.91 Å². The molecule has 0 bridgehead atoms. The minimum Gasteiger partial charge on any atom is -0.383 e. The number of carbonyl (C=O) groups excluding carboxylic acids is 2. The molecule has 1 fully saturated rings. The zero-order valence-corrected chi connectivity index (χ0v) is 36.6. The number of rotatable bonds is 21. The van der Waals surface area contributed by atoms with E-state index in [1.54, 1.807) is 31.6 Å². The molecule has 3 N–H and O–H groups in total. The van der Waals surface area contributed by atoms with Crippen LogP contribution in [0.1, 0.15) is 72.2 Å². The number of piperazine rings is 1. The molecule has 0 saturated carbocycles. The Balaban J connectivity index is 0.968. The van der Waals surface area contributed by atoms with Gasteiger partial charge in [-0.25, -0.2) is 4.39 Å². The van der Waals surface area contributed by atoms with Crippen LogP contribution in [0.15, 0.2) is 79.1 Å². The van der Waals surface area contributed by atoms with Gasteiger partial charge in [-0.2, -0.15) is 0 Å². The van der Waals surface area contributed by atoms with Crippen molar-refractivity contribution >= 4 is 23.2 Å². The molecule has 6 rings (SSSR count). The van der Waals surface area contributed by atoms with Crippen molar-refractivity contribution in [2.75, 3.05) is 96.7 Å². The molecule has 1 saturated heterocycles. The van der Waals surface area contributed by atoms with Crippen LogP contribution in [-0.2, 0) is 37.4 Å². The minimum atomic E-state index is -0.335. The molecule has 3 atom stereocenters. The van der Waals surface area contributed by atoms with E-state index in [1.807, 2.05) is 41.3 Å². The number of hydrogen-bond donors (Lipinski definition) is 3. The molecular formula is C47H63FN8O5. The van der Waals surface area contributed by atoms with E-state index in [9.17, 15) is 14.0 Å². The highest BCUT2D eigenvalue weighted by Crippen LogP contribution is 2.41. The summed E-state index contributed by atoms with van der Waals surface area (Å²) in [4.78, 5) is 42.3. The SMILES string of the molecule is COC[C@H]1CN[C@H](C)CN1CC(=O)N1CC(C)(C)c2nc(CN(C)CCOCCOCCN[C@H](C)c3ccc(C(=O)Nc4ccncc4)cc3)c(Cc3ccc(F)cc3)cc21. The Labute approximate surface area is 360 Å². The number of methoxy groups -OCH3 is 1. The van der Waals surface area contributed by atoms with Crippen LogP contribution in [0.2, 0.25) is 0 Å². The average Bonchev–Trinajstić information content (AvgIpc) is 3.51. The summed E-state index contributed by atoms with van der Waals surface area (Å²) in [6.07, 6.45) is 3.85. The first-order chi connectivity index (χ1) is 29.4. The normalized spacial score (nSPS) is 18.0. The summed E-state index contributed by atoms with van der Waals surface area (Å²) in [6.45, 7) is 15.5. The number of pyridine rings is 2. The predicted octanol–water partition coefficient (Wildman–Crippen LogP) is 5.21. The second-order valence-electron chi connectivity index (χ2n) is 16.9. The smallest absolute Gasteiger partial charge is 0.255 e. The molecule has 2 aliphatic heterocycles. The van der Waals surface area contributed by atoms with Crippen LogP contribution in [0, 0.1) is 5.82 Å². The van der Waals surface area contributed by atoms with Crippen LogP contribution in [0.5, 0.6) is 0 Å². The molecular weight excluding hydrogens is 776 g/mol. The first kappa shape index (κ1) is 45.8. The summed E-state index contributed by atoms with van der Waals surface area (Å²) in [5, 5.41) is 9.86. The fourth-order valence-electron chi connectivity index (χ4n) is 7.92. The summed E-state index contributed by atoms with van der Waals surface area (Å²) >= 11 is 0. The van der Waals surface area contributed by atoms with Gasteiger partial charge in [-0.1, -0.05) is 38.1 Å². The van der Waals surface area contributed by atoms with Gasteiger partial charge in [-0.3, -0.25) is 29.4 Å². The summed E-state index contributed by atoms with van der Waals surface area (Å²) in [6, 6.07) is 20.3. The van der Waals surface area contributed by atoms with Crippen LogP contribution >= 0.6 is 0 Å². The third kappa shape index (κ3) is 12.9. The molecule has 0 radical (unpaired) electrons. The molecule has 0 spiro atoms. The molecule has 4 aromatic rings. The predicted molar refractivity (Wildman–Crippen MR) is 237 cm³/mol. The third-order valence-electron chi connectivity index (χ3n) is 11.4. The zero-order chi connectivity index (χ0) is 43.4. The standard InChI is InChI=1S/C47H63FN8O5/c1-33-28-55(41(27-51-33)31-59-6)30-44(57)56-32-47(3,4)45-43(56)26-38(25-35-7-13-39(48)14-8-35)42(53-45)29-54(5)20-22-61-24-23-60-21-19-50-34(2)36-9-11-37(12-10-36)46(58)52-40-15-17-49-18-16-40/h7-18,26,33-34,41,50-51H,19-25,27-32H2,1-6H3,(H,49,52,58)/t33-,34-,41-/m1/s1. The molecule has 2 aromatic heterocycles. The number of fused-ring (bicyclic) bond motifs is 1. The maximum Gasteiger partial charge on any atom is 0.255 e. The lowest BCUT2D eigenvalue weighted by Crippen LogP contribution is -2.59. The Hall–Kier alpha value is -4.67. The van der Waals surface area contributed by atoms with E-state index < -0.39 is 0 Å². The summed E-state index contributed by atoms with van der Waals surface area (Å²) in [5.41, 5.74) is 6.75. The molecule has 13 nitrogen and oxygen atoms in total. The maximum absolute atomic E-state index is 14.1. The molecule has 328 valence electrons. The number of nitrogens with zero attached hydrogens (tertiary/aromatic N) is 5. The average molecular weight is 839 g/mol. The van der Waals surface area contributed by atoms with Gasteiger partial charge in [0.1, 0.15) is 5.82 Å². The summed E-state index contributed by atoms with van der Waals surface area (Å²) < 4.78 is 31.1. The summed E-state index contributed by atoms with van der Waals surface area (Å²) in [5.74, 6) is -0.380. The van der Waals surface area contributed by atoms with E-state index in [0.29, 0.717) is 83.4 Å². The van der Waals surface area contributed by atoms with Crippen molar-refractivity contribution in [1.82, 2.24) is 30.4 Å². The van der Waals surface area contributed by atoms with Crippen molar-refractivity contribution in [3.63, 3.8) is 0 Å². The Morgan fingerprint density at radius 1 is 1.02 bits per heavy atom. The minimum absolute atomic E-state index is 0.0563. The fourth-order valence-corrected chi connectivity index (χ4v) is 7.92. The highest BCUT2D eigenvalue weighted by atomic mass is 19.1. The van der Waals surface area contributed by atoms with Gasteiger partial charge in [0.25, 0.3) is 5.91 Å². The van der Waals surface area contributed by atoms with E-state index in [4.69, 9.17) is 19.2 Å². The Kier molecular flexibility index (Phi) is 16.5. The quantitative estimate of drug-likeness (QED) is 0.0957. The van der Waals surface area contributed by atoms with E-state index in [2.05, 4.69) is 71.5 Å². The molecule has 4 heterocycles. The first-order valence-electron chi connectivity index (χ1n) is 21.3. The molecule has 2 aromatic carbocycles. The molecule has 0 unspecified atom stereocenters. The summed E-state index contributed by atoms with van der Waals surface area (Å²) in [7, 11) is 3.76. The number of aromatic nitrogens is 2. The third-order valence-corrected chi connectivity index (χ3v) is 11.4. The Morgan fingerprint density at radius 2 is 1.74 bits per heavy atom. The molecule has 14 heteroatoms. The van der Waals surface area contributed by atoms with Crippen LogP contribution < -0.4 is 20.9 Å². The van der Waals surface area contributed by atoms with Crippen molar-refractivity contribution in [2.24, 2.45) is 0 Å². The number of carbonyl (C=O) groups is 2. The van der Waals surface area contributed by atoms with Gasteiger partial charge in [0.05, 0.1) is 56.7 Å². The van der Waals surface area contributed by atoms with Crippen LogP contribution in [0.3, 0.4) is 0 Å². The van der Waals surface area contributed by atoms with Gasteiger partial charge in [0.15, 0.2) is 0 Å². The number of benzene rings is 2. The van der Waals surface area contributed by atoms with Gasteiger partial charge in [-0.15, -0.1) is 0 Å². The van der Waals surface area contributed by atoms with Crippen molar-refractivity contribution < 1.29 is 28.2 Å². The van der Waals surface area contributed by atoms with Crippen molar-refractivity contribution in [3.8, 4) is 0 Å². The van der Waals surface area contributed by atoms with E-state index >= 15 is 0 Å².